The molecule has 0 aromatic carbocycles. The molecule has 2 fully saturated rings. The summed E-state index contributed by atoms with van der Waals surface area (Å²) < 4.78 is 0. The van der Waals surface area contributed by atoms with Crippen molar-refractivity contribution in [2.24, 2.45) is 5.92 Å². The van der Waals surface area contributed by atoms with E-state index in [2.05, 4.69) is 17.6 Å². The summed E-state index contributed by atoms with van der Waals surface area (Å²) >= 11 is 0. The van der Waals surface area contributed by atoms with Crippen molar-refractivity contribution >= 4 is 12.0 Å². The normalized spacial score (nSPS) is 32.9. The molecule has 5 nitrogen and oxygen atoms in total. The molecule has 0 atom stereocenters. The fourth-order valence-corrected chi connectivity index (χ4v) is 2.31. The van der Waals surface area contributed by atoms with Crippen molar-refractivity contribution in [2.45, 2.75) is 57.0 Å². The van der Waals surface area contributed by atoms with Gasteiger partial charge in [-0.05, 0) is 44.4 Å². The molecule has 0 aromatic rings. The number of hydrogen-bond acceptors (Lipinski definition) is 2. The lowest BCUT2D eigenvalue weighted by Gasteiger charge is -2.36. The second-order valence-corrected chi connectivity index (χ2v) is 5.44. The molecule has 0 unspecified atom stereocenters. The number of carboxylic acids is 1. The van der Waals surface area contributed by atoms with Gasteiger partial charge in [0.1, 0.15) is 5.54 Å². The number of carboxylic acid groups (broad SMARTS) is 1. The Hall–Kier alpha value is -1.26. The molecule has 0 aliphatic heterocycles. The van der Waals surface area contributed by atoms with E-state index >= 15 is 0 Å². The lowest BCUT2D eigenvalue weighted by atomic mass is 9.77. The number of rotatable bonds is 3. The summed E-state index contributed by atoms with van der Waals surface area (Å²) in [6.45, 7) is 2.12. The molecular formula is C12H20N2O3. The third-order valence-corrected chi connectivity index (χ3v) is 3.80. The lowest BCUT2D eigenvalue weighted by molar-refractivity contribution is -0.146. The molecule has 17 heavy (non-hydrogen) atoms. The van der Waals surface area contributed by atoms with Gasteiger partial charge in [-0.3, -0.25) is 0 Å². The summed E-state index contributed by atoms with van der Waals surface area (Å²) in [6, 6.07) is -0.0761. The van der Waals surface area contributed by atoms with Gasteiger partial charge in [0.25, 0.3) is 0 Å². The van der Waals surface area contributed by atoms with E-state index in [1.807, 2.05) is 0 Å². The van der Waals surface area contributed by atoms with Crippen molar-refractivity contribution < 1.29 is 14.7 Å². The van der Waals surface area contributed by atoms with Crippen LogP contribution < -0.4 is 10.6 Å². The second kappa shape index (κ2) is 4.55. The van der Waals surface area contributed by atoms with Gasteiger partial charge >= 0.3 is 12.0 Å². The Balaban J connectivity index is 1.95. The largest absolute Gasteiger partial charge is 0.480 e. The molecule has 2 aliphatic carbocycles. The molecule has 2 amide bonds. The van der Waals surface area contributed by atoms with E-state index in [9.17, 15) is 14.7 Å². The van der Waals surface area contributed by atoms with Gasteiger partial charge < -0.3 is 15.7 Å². The summed E-state index contributed by atoms with van der Waals surface area (Å²) in [4.78, 5) is 23.0. The van der Waals surface area contributed by atoms with Crippen LogP contribution in [0.15, 0.2) is 0 Å². The van der Waals surface area contributed by atoms with Crippen molar-refractivity contribution in [3.8, 4) is 0 Å². The molecule has 0 aromatic heterocycles. The van der Waals surface area contributed by atoms with Gasteiger partial charge in [0.15, 0.2) is 0 Å². The smallest absolute Gasteiger partial charge is 0.329 e. The molecule has 2 rings (SSSR count). The van der Waals surface area contributed by atoms with E-state index in [-0.39, 0.29) is 12.1 Å². The fourth-order valence-electron chi connectivity index (χ4n) is 2.31. The summed E-state index contributed by atoms with van der Waals surface area (Å²) in [7, 11) is 0. The van der Waals surface area contributed by atoms with Crippen LogP contribution >= 0.6 is 0 Å². The van der Waals surface area contributed by atoms with Gasteiger partial charge in [0.05, 0.1) is 0 Å². The SMILES string of the molecule is CC1CCC(NC(=O)NC2CC2)(C(=O)O)CC1. The topological polar surface area (TPSA) is 78.4 Å². The maximum absolute atomic E-state index is 11.7. The lowest BCUT2D eigenvalue weighted by Crippen LogP contribution is -2.58. The number of amides is 2. The molecule has 96 valence electrons. The van der Waals surface area contributed by atoms with Crippen LogP contribution in [0.1, 0.15) is 45.4 Å². The van der Waals surface area contributed by atoms with Crippen molar-refractivity contribution in [3.05, 3.63) is 0 Å². The zero-order chi connectivity index (χ0) is 12.5. The molecule has 0 heterocycles. The fraction of sp³-hybridized carbons (Fsp3) is 0.833. The molecule has 0 saturated heterocycles. The minimum atomic E-state index is -1.05. The van der Waals surface area contributed by atoms with Crippen LogP contribution in [0, 0.1) is 5.92 Å². The summed E-state index contributed by atoms with van der Waals surface area (Å²) in [5.74, 6) is -0.355. The Labute approximate surface area is 101 Å². The maximum Gasteiger partial charge on any atom is 0.329 e. The molecule has 3 N–H and O–H groups in total. The van der Waals surface area contributed by atoms with Gasteiger partial charge in [-0.1, -0.05) is 6.92 Å². The minimum absolute atomic E-state index is 0.253. The van der Waals surface area contributed by atoms with E-state index in [4.69, 9.17) is 0 Å². The maximum atomic E-state index is 11.7. The standard InChI is InChI=1S/C12H20N2O3/c1-8-4-6-12(7-5-8,10(15)16)14-11(17)13-9-2-3-9/h8-9H,2-7H2,1H3,(H,15,16)(H2,13,14,17). The Bertz CT molecular complexity index is 318. The molecule has 2 saturated carbocycles. The average Bonchev–Trinajstić information content (AvgIpc) is 3.05. The zero-order valence-electron chi connectivity index (χ0n) is 10.2. The van der Waals surface area contributed by atoms with Gasteiger partial charge in [0, 0.05) is 6.04 Å². The van der Waals surface area contributed by atoms with Crippen LogP contribution in [0.4, 0.5) is 4.79 Å². The predicted octanol–water partition coefficient (Wildman–Crippen LogP) is 1.48. The Kier molecular flexibility index (Phi) is 3.26. The van der Waals surface area contributed by atoms with Gasteiger partial charge in [-0.2, -0.15) is 0 Å². The Morgan fingerprint density at radius 1 is 1.18 bits per heavy atom. The molecular weight excluding hydrogens is 220 g/mol. The van der Waals surface area contributed by atoms with Crippen molar-refractivity contribution in [2.75, 3.05) is 0 Å². The molecule has 0 spiro atoms. The first-order valence-corrected chi connectivity index (χ1v) is 6.34. The first-order valence-electron chi connectivity index (χ1n) is 6.34. The highest BCUT2D eigenvalue weighted by atomic mass is 16.4. The Morgan fingerprint density at radius 2 is 1.76 bits per heavy atom. The van der Waals surface area contributed by atoms with Gasteiger partial charge in [-0.15, -0.1) is 0 Å². The monoisotopic (exact) mass is 240 g/mol. The number of carbonyl (C=O) groups is 2. The predicted molar refractivity (Wildman–Crippen MR) is 62.7 cm³/mol. The van der Waals surface area contributed by atoms with Crippen LogP contribution in [0.5, 0.6) is 0 Å². The van der Waals surface area contributed by atoms with Crippen LogP contribution in [0.3, 0.4) is 0 Å². The molecule has 0 radical (unpaired) electrons. The van der Waals surface area contributed by atoms with E-state index in [1.165, 1.54) is 0 Å². The summed E-state index contributed by atoms with van der Waals surface area (Å²) in [5, 5.41) is 14.8. The van der Waals surface area contributed by atoms with Gasteiger partial charge in [-0.25, -0.2) is 9.59 Å². The third-order valence-electron chi connectivity index (χ3n) is 3.80. The highest BCUT2D eigenvalue weighted by Gasteiger charge is 2.43. The molecule has 0 bridgehead atoms. The van der Waals surface area contributed by atoms with Crippen LogP contribution in [-0.4, -0.2) is 28.7 Å². The number of hydrogen-bond donors (Lipinski definition) is 3. The highest BCUT2D eigenvalue weighted by molar-refractivity contribution is 5.86. The van der Waals surface area contributed by atoms with Crippen LogP contribution in [-0.2, 0) is 4.79 Å². The second-order valence-electron chi connectivity index (χ2n) is 5.44. The highest BCUT2D eigenvalue weighted by Crippen LogP contribution is 2.32. The number of aliphatic carboxylic acids is 1. The molecule has 5 heteroatoms. The van der Waals surface area contributed by atoms with Crippen LogP contribution in [0.2, 0.25) is 0 Å². The molecule has 2 aliphatic rings. The summed E-state index contributed by atoms with van der Waals surface area (Å²) in [6.07, 6.45) is 4.78. The summed E-state index contributed by atoms with van der Waals surface area (Å²) in [5.41, 5.74) is -1.05. The van der Waals surface area contributed by atoms with E-state index in [0.29, 0.717) is 18.8 Å². The average molecular weight is 240 g/mol. The Morgan fingerprint density at radius 3 is 2.24 bits per heavy atom. The van der Waals surface area contributed by atoms with Crippen molar-refractivity contribution in [3.63, 3.8) is 0 Å². The van der Waals surface area contributed by atoms with Crippen molar-refractivity contribution in [1.82, 2.24) is 10.6 Å². The zero-order valence-corrected chi connectivity index (χ0v) is 10.2. The van der Waals surface area contributed by atoms with Crippen LogP contribution in [0.25, 0.3) is 0 Å². The van der Waals surface area contributed by atoms with E-state index in [1.54, 1.807) is 0 Å². The minimum Gasteiger partial charge on any atom is -0.480 e. The van der Waals surface area contributed by atoms with Gasteiger partial charge in [0.2, 0.25) is 0 Å². The third kappa shape index (κ3) is 2.90. The van der Waals surface area contributed by atoms with Crippen molar-refractivity contribution in [1.29, 1.82) is 0 Å². The van der Waals surface area contributed by atoms with E-state index < -0.39 is 11.5 Å². The number of urea groups is 1. The van der Waals surface area contributed by atoms with E-state index in [0.717, 1.165) is 25.7 Å². The number of carbonyl (C=O) groups excluding carboxylic acids is 1. The quantitative estimate of drug-likeness (QED) is 0.699. The first kappa shape index (κ1) is 12.2. The number of nitrogens with one attached hydrogen (secondary N) is 2. The first-order chi connectivity index (χ1) is 8.02.